The molecular formula is C18H20N2O2. The summed E-state index contributed by atoms with van der Waals surface area (Å²) in [7, 11) is 1.65. The highest BCUT2D eigenvalue weighted by Gasteiger charge is 2.29. The van der Waals surface area contributed by atoms with Crippen molar-refractivity contribution in [1.82, 2.24) is 4.98 Å². The van der Waals surface area contributed by atoms with Gasteiger partial charge in [0.15, 0.2) is 5.72 Å². The van der Waals surface area contributed by atoms with Gasteiger partial charge in [-0.1, -0.05) is 0 Å². The molecule has 1 aliphatic heterocycles. The van der Waals surface area contributed by atoms with Crippen molar-refractivity contribution in [1.29, 1.82) is 0 Å². The SMILES string of the molecule is COc1ccc2c(c1)OC(C)(C)N=C2c1cnc(C)c(C)c1. The number of hydrogen-bond donors (Lipinski definition) is 0. The van der Waals surface area contributed by atoms with Crippen molar-refractivity contribution in [3.63, 3.8) is 0 Å². The minimum Gasteiger partial charge on any atom is -0.497 e. The van der Waals surface area contributed by atoms with Gasteiger partial charge in [-0.3, -0.25) is 4.98 Å². The Morgan fingerprint density at radius 3 is 2.59 bits per heavy atom. The van der Waals surface area contributed by atoms with Gasteiger partial charge >= 0.3 is 0 Å². The lowest BCUT2D eigenvalue weighted by molar-refractivity contribution is 0.115. The number of aryl methyl sites for hydroxylation is 2. The zero-order chi connectivity index (χ0) is 15.9. The van der Waals surface area contributed by atoms with Crippen molar-refractivity contribution >= 4 is 5.71 Å². The van der Waals surface area contributed by atoms with E-state index >= 15 is 0 Å². The van der Waals surface area contributed by atoms with Gasteiger partial charge < -0.3 is 9.47 Å². The molecule has 0 N–H and O–H groups in total. The van der Waals surface area contributed by atoms with Crippen LogP contribution in [0.2, 0.25) is 0 Å². The number of methoxy groups -OCH3 is 1. The number of ether oxygens (including phenoxy) is 2. The van der Waals surface area contributed by atoms with Crippen LogP contribution in [-0.4, -0.2) is 23.5 Å². The van der Waals surface area contributed by atoms with Crippen LogP contribution in [0.4, 0.5) is 0 Å². The number of nitrogens with zero attached hydrogens (tertiary/aromatic N) is 2. The average Bonchev–Trinajstić information content (AvgIpc) is 2.47. The van der Waals surface area contributed by atoms with Gasteiger partial charge in [-0.15, -0.1) is 0 Å². The molecule has 0 fully saturated rings. The van der Waals surface area contributed by atoms with Gasteiger partial charge in [-0.05, 0) is 51.5 Å². The van der Waals surface area contributed by atoms with E-state index in [-0.39, 0.29) is 0 Å². The number of pyridine rings is 1. The smallest absolute Gasteiger partial charge is 0.195 e. The minimum atomic E-state index is -0.618. The zero-order valence-electron chi connectivity index (χ0n) is 13.6. The molecule has 4 nitrogen and oxygen atoms in total. The molecule has 22 heavy (non-hydrogen) atoms. The molecule has 0 aliphatic carbocycles. The number of aliphatic imine (C=N–C) groups is 1. The van der Waals surface area contributed by atoms with Crippen LogP contribution in [0.15, 0.2) is 35.5 Å². The van der Waals surface area contributed by atoms with E-state index < -0.39 is 5.72 Å². The van der Waals surface area contributed by atoms with Crippen LogP contribution in [0.25, 0.3) is 0 Å². The summed E-state index contributed by atoms with van der Waals surface area (Å²) >= 11 is 0. The molecule has 2 heterocycles. The van der Waals surface area contributed by atoms with Crippen LogP contribution >= 0.6 is 0 Å². The van der Waals surface area contributed by atoms with E-state index in [1.165, 1.54) is 0 Å². The highest BCUT2D eigenvalue weighted by molar-refractivity contribution is 6.15. The number of hydrogen-bond acceptors (Lipinski definition) is 4. The van der Waals surface area contributed by atoms with Gasteiger partial charge in [0.1, 0.15) is 11.5 Å². The maximum Gasteiger partial charge on any atom is 0.195 e. The fourth-order valence-electron chi connectivity index (χ4n) is 2.52. The summed E-state index contributed by atoms with van der Waals surface area (Å²) in [6, 6.07) is 7.93. The Balaban J connectivity index is 2.17. The largest absolute Gasteiger partial charge is 0.497 e. The summed E-state index contributed by atoms with van der Waals surface area (Å²) in [4.78, 5) is 9.23. The predicted octanol–water partition coefficient (Wildman–Crippen LogP) is 3.67. The van der Waals surface area contributed by atoms with Crippen molar-refractivity contribution in [2.24, 2.45) is 4.99 Å². The molecule has 1 aliphatic rings. The number of aromatic nitrogens is 1. The molecule has 0 unspecified atom stereocenters. The van der Waals surface area contributed by atoms with Crippen molar-refractivity contribution in [3.8, 4) is 11.5 Å². The van der Waals surface area contributed by atoms with E-state index in [0.717, 1.165) is 39.6 Å². The van der Waals surface area contributed by atoms with Crippen LogP contribution in [0, 0.1) is 13.8 Å². The van der Waals surface area contributed by atoms with Crippen LogP contribution in [0.3, 0.4) is 0 Å². The normalized spacial score (nSPS) is 15.6. The highest BCUT2D eigenvalue weighted by Crippen LogP contribution is 2.35. The van der Waals surface area contributed by atoms with E-state index in [4.69, 9.17) is 14.5 Å². The second-order valence-electron chi connectivity index (χ2n) is 6.00. The summed E-state index contributed by atoms with van der Waals surface area (Å²) in [6.45, 7) is 7.97. The van der Waals surface area contributed by atoms with Gasteiger partial charge in [0.25, 0.3) is 0 Å². The summed E-state index contributed by atoms with van der Waals surface area (Å²) in [5.74, 6) is 1.56. The van der Waals surface area contributed by atoms with Gasteiger partial charge in [0.2, 0.25) is 0 Å². The average molecular weight is 296 g/mol. The lowest BCUT2D eigenvalue weighted by atomic mass is 9.98. The van der Waals surface area contributed by atoms with Gasteiger partial charge in [-0.2, -0.15) is 0 Å². The van der Waals surface area contributed by atoms with Crippen molar-refractivity contribution in [2.75, 3.05) is 7.11 Å². The highest BCUT2D eigenvalue weighted by atomic mass is 16.5. The molecule has 1 aromatic heterocycles. The van der Waals surface area contributed by atoms with Crippen molar-refractivity contribution in [2.45, 2.75) is 33.4 Å². The van der Waals surface area contributed by atoms with E-state index in [2.05, 4.69) is 18.0 Å². The summed E-state index contributed by atoms with van der Waals surface area (Å²) in [6.07, 6.45) is 1.87. The first-order valence-electron chi connectivity index (χ1n) is 7.30. The molecule has 2 aromatic rings. The zero-order valence-corrected chi connectivity index (χ0v) is 13.6. The fraction of sp³-hybridized carbons (Fsp3) is 0.333. The molecule has 0 saturated carbocycles. The molecule has 114 valence electrons. The molecule has 4 heteroatoms. The van der Waals surface area contributed by atoms with Crippen molar-refractivity contribution < 1.29 is 9.47 Å². The third kappa shape index (κ3) is 2.56. The lowest BCUT2D eigenvalue weighted by Crippen LogP contribution is -2.32. The fourth-order valence-corrected chi connectivity index (χ4v) is 2.52. The lowest BCUT2D eigenvalue weighted by Gasteiger charge is -2.30. The van der Waals surface area contributed by atoms with Gasteiger partial charge in [-0.25, -0.2) is 4.99 Å². The Bertz CT molecular complexity index is 764. The summed E-state index contributed by atoms with van der Waals surface area (Å²) in [5, 5.41) is 0. The molecule has 0 atom stereocenters. The Labute approximate surface area is 130 Å². The molecule has 0 radical (unpaired) electrons. The first-order chi connectivity index (χ1) is 10.4. The Morgan fingerprint density at radius 1 is 1.14 bits per heavy atom. The first kappa shape index (κ1) is 14.6. The van der Waals surface area contributed by atoms with Crippen LogP contribution in [0.5, 0.6) is 11.5 Å². The number of rotatable bonds is 2. The molecule has 1 aromatic carbocycles. The van der Waals surface area contributed by atoms with Gasteiger partial charge in [0, 0.05) is 29.1 Å². The second kappa shape index (κ2) is 5.13. The standard InChI is InChI=1S/C18H20N2O2/c1-11-8-13(10-19-12(11)2)17-15-7-6-14(21-5)9-16(15)22-18(3,4)20-17/h6-10H,1-5H3. The van der Waals surface area contributed by atoms with Crippen LogP contribution < -0.4 is 9.47 Å². The summed E-state index contributed by atoms with van der Waals surface area (Å²) in [5.41, 5.74) is 4.44. The molecule has 0 bridgehead atoms. The van der Waals surface area contributed by atoms with E-state index in [0.29, 0.717) is 0 Å². The van der Waals surface area contributed by atoms with E-state index in [1.807, 2.05) is 45.2 Å². The van der Waals surface area contributed by atoms with Crippen molar-refractivity contribution in [3.05, 3.63) is 52.8 Å². The maximum absolute atomic E-state index is 5.98. The third-order valence-electron chi connectivity index (χ3n) is 3.80. The van der Waals surface area contributed by atoms with E-state index in [9.17, 15) is 0 Å². The topological polar surface area (TPSA) is 43.7 Å². The van der Waals surface area contributed by atoms with Crippen LogP contribution in [0.1, 0.15) is 36.2 Å². The summed E-state index contributed by atoms with van der Waals surface area (Å²) < 4.78 is 11.3. The Hall–Kier alpha value is -2.36. The quantitative estimate of drug-likeness (QED) is 0.849. The Kier molecular flexibility index (Phi) is 3.39. The molecule has 3 rings (SSSR count). The first-order valence-corrected chi connectivity index (χ1v) is 7.30. The number of benzene rings is 1. The van der Waals surface area contributed by atoms with E-state index in [1.54, 1.807) is 7.11 Å². The number of fused-ring (bicyclic) bond motifs is 1. The Morgan fingerprint density at radius 2 is 1.91 bits per heavy atom. The minimum absolute atomic E-state index is 0.618. The third-order valence-corrected chi connectivity index (χ3v) is 3.80. The predicted molar refractivity (Wildman–Crippen MR) is 87.1 cm³/mol. The molecule has 0 spiro atoms. The maximum atomic E-state index is 5.98. The molecule has 0 saturated heterocycles. The molecular weight excluding hydrogens is 276 g/mol. The second-order valence-corrected chi connectivity index (χ2v) is 6.00. The monoisotopic (exact) mass is 296 g/mol. The van der Waals surface area contributed by atoms with Crippen LogP contribution in [-0.2, 0) is 0 Å². The van der Waals surface area contributed by atoms with Gasteiger partial charge in [0.05, 0.1) is 12.8 Å². The molecule has 0 amide bonds.